The molecule has 0 saturated carbocycles. The molecule has 7 atom stereocenters. The number of aliphatic hydroxyl groups excluding tert-OH is 1. The smallest absolute Gasteiger partial charge is 0.247 e. The van der Waals surface area contributed by atoms with Crippen molar-refractivity contribution < 1.29 is 24.2 Å². The number of fused-ring (bicyclic) bond motifs is 1. The van der Waals surface area contributed by atoms with E-state index in [1.165, 1.54) is 0 Å². The first-order chi connectivity index (χ1) is 21.3. The second kappa shape index (κ2) is 14.2. The lowest BCUT2D eigenvalue weighted by Crippen LogP contribution is -2.59. The largest absolute Gasteiger partial charge is 0.394 e. The van der Waals surface area contributed by atoms with Crippen LogP contribution < -0.4 is 4.90 Å². The molecule has 0 aliphatic carbocycles. The molecule has 2 unspecified atom stereocenters. The number of aliphatic hydroxyl groups is 1. The maximum Gasteiger partial charge on any atom is 0.247 e. The van der Waals surface area contributed by atoms with Crippen molar-refractivity contribution in [2.75, 3.05) is 64.0 Å². The van der Waals surface area contributed by atoms with Crippen molar-refractivity contribution in [1.29, 1.82) is 0 Å². The fourth-order valence-electron chi connectivity index (χ4n) is 7.77. The molecule has 44 heavy (non-hydrogen) atoms. The van der Waals surface area contributed by atoms with E-state index in [0.717, 1.165) is 31.6 Å². The van der Waals surface area contributed by atoms with E-state index in [-0.39, 0.29) is 35.5 Å². The van der Waals surface area contributed by atoms with Crippen LogP contribution in [-0.2, 0) is 19.1 Å². The van der Waals surface area contributed by atoms with Crippen molar-refractivity contribution >= 4 is 35.2 Å². The van der Waals surface area contributed by atoms with Crippen molar-refractivity contribution in [3.8, 4) is 0 Å². The molecule has 4 fully saturated rings. The zero-order valence-corrected chi connectivity index (χ0v) is 27.0. The third-order valence-corrected chi connectivity index (χ3v) is 12.2. The molecule has 1 spiro atoms. The van der Waals surface area contributed by atoms with Gasteiger partial charge < -0.3 is 24.5 Å². The number of nitrogens with zero attached hydrogens (tertiary/aromatic N) is 4. The molecule has 0 radical (unpaired) electrons. The zero-order valence-electron chi connectivity index (χ0n) is 26.2. The Morgan fingerprint density at radius 1 is 1.16 bits per heavy atom. The Bertz CT molecular complexity index is 1210. The summed E-state index contributed by atoms with van der Waals surface area (Å²) in [5.74, 6) is -1.59. The minimum absolute atomic E-state index is 0.0198. The van der Waals surface area contributed by atoms with E-state index in [1.807, 2.05) is 49.1 Å². The lowest BCUT2D eigenvalue weighted by atomic mass is 9.70. The van der Waals surface area contributed by atoms with Gasteiger partial charge in [-0.3, -0.25) is 19.3 Å². The lowest BCUT2D eigenvalue weighted by molar-refractivity contribution is -0.147. The highest BCUT2D eigenvalue weighted by Crippen LogP contribution is 2.67. The Balaban J connectivity index is 1.52. The number of benzene rings is 1. The van der Waals surface area contributed by atoms with Crippen molar-refractivity contribution in [2.24, 2.45) is 17.8 Å². The molecule has 1 N–H and O–H groups in total. The van der Waals surface area contributed by atoms with Gasteiger partial charge in [-0.15, -0.1) is 24.9 Å². The molecule has 2 bridgehead atoms. The number of para-hydroxylation sites is 1. The van der Waals surface area contributed by atoms with E-state index in [0.29, 0.717) is 45.8 Å². The Hall–Kier alpha value is -2.66. The highest BCUT2D eigenvalue weighted by Gasteiger charge is 2.74. The van der Waals surface area contributed by atoms with Gasteiger partial charge in [0.1, 0.15) is 6.04 Å². The van der Waals surface area contributed by atoms with Crippen LogP contribution in [0.4, 0.5) is 5.69 Å². The number of rotatable bonds is 14. The van der Waals surface area contributed by atoms with Gasteiger partial charge in [0.25, 0.3) is 0 Å². The molecule has 9 nitrogen and oxygen atoms in total. The molecule has 3 amide bonds. The van der Waals surface area contributed by atoms with Crippen LogP contribution in [0.15, 0.2) is 55.6 Å². The number of thioether (sulfide) groups is 1. The molecule has 5 rings (SSSR count). The van der Waals surface area contributed by atoms with E-state index in [4.69, 9.17) is 4.74 Å². The molecule has 1 aromatic carbocycles. The first kappa shape index (κ1) is 32.7. The van der Waals surface area contributed by atoms with Crippen molar-refractivity contribution in [1.82, 2.24) is 14.7 Å². The topological polar surface area (TPSA) is 93.6 Å². The van der Waals surface area contributed by atoms with Gasteiger partial charge in [0.05, 0.1) is 42.4 Å². The molecule has 4 heterocycles. The van der Waals surface area contributed by atoms with Crippen LogP contribution in [0.1, 0.15) is 33.1 Å². The monoisotopic (exact) mass is 624 g/mol. The average molecular weight is 625 g/mol. The van der Waals surface area contributed by atoms with Crippen LogP contribution in [0.2, 0.25) is 0 Å². The summed E-state index contributed by atoms with van der Waals surface area (Å²) in [7, 11) is 0. The fraction of sp³-hybridized carbons (Fsp3) is 0.618. The second-order valence-electron chi connectivity index (χ2n) is 12.5. The number of carbonyl (C=O) groups is 3. The van der Waals surface area contributed by atoms with Crippen LogP contribution >= 0.6 is 11.8 Å². The van der Waals surface area contributed by atoms with Gasteiger partial charge in [0.15, 0.2) is 0 Å². The van der Waals surface area contributed by atoms with E-state index in [1.54, 1.807) is 33.7 Å². The molecule has 240 valence electrons. The molecule has 0 aromatic heterocycles. The summed E-state index contributed by atoms with van der Waals surface area (Å²) in [6.07, 6.45) is 5.65. The lowest BCUT2D eigenvalue weighted by Gasteiger charge is -2.41. The summed E-state index contributed by atoms with van der Waals surface area (Å²) in [6, 6.07) is 8.24. The zero-order chi connectivity index (χ0) is 31.4. The summed E-state index contributed by atoms with van der Waals surface area (Å²) in [5.41, 5.74) is 0.766. The van der Waals surface area contributed by atoms with Crippen LogP contribution in [0.3, 0.4) is 0 Å². The number of amides is 3. The third kappa shape index (κ3) is 5.86. The summed E-state index contributed by atoms with van der Waals surface area (Å²) in [6.45, 7) is 16.6. The third-order valence-electron chi connectivity index (χ3n) is 10.2. The Labute approximate surface area is 266 Å². The van der Waals surface area contributed by atoms with E-state index < -0.39 is 28.7 Å². The maximum absolute atomic E-state index is 14.8. The molecular weight excluding hydrogens is 576 g/mol. The Kier molecular flexibility index (Phi) is 10.6. The number of likely N-dealkylation sites (tertiary alicyclic amines) is 1. The highest BCUT2D eigenvalue weighted by atomic mass is 32.2. The van der Waals surface area contributed by atoms with Gasteiger partial charge in [-0.25, -0.2) is 0 Å². The molecule has 1 aromatic rings. The summed E-state index contributed by atoms with van der Waals surface area (Å²) >= 11 is 1.67. The summed E-state index contributed by atoms with van der Waals surface area (Å²) < 4.78 is 4.78. The molecule has 4 aliphatic heterocycles. The predicted molar refractivity (Wildman–Crippen MR) is 174 cm³/mol. The minimum Gasteiger partial charge on any atom is -0.394 e. The molecule has 4 saturated heterocycles. The van der Waals surface area contributed by atoms with Gasteiger partial charge >= 0.3 is 0 Å². The Morgan fingerprint density at radius 2 is 1.86 bits per heavy atom. The van der Waals surface area contributed by atoms with Gasteiger partial charge in [0, 0.05) is 50.2 Å². The first-order valence-electron chi connectivity index (χ1n) is 16.1. The Morgan fingerprint density at radius 3 is 2.50 bits per heavy atom. The quantitative estimate of drug-likeness (QED) is 0.318. The molecule has 4 aliphatic rings. The summed E-state index contributed by atoms with van der Waals surface area (Å²) in [5, 5.41) is 10.6. The maximum atomic E-state index is 14.8. The SMILES string of the molecule is C=CCN(CCN1CCOCC1)C(=O)C1N([C@@H](CO)[C@@H](C)CC)C(=O)[C@@H]2[C@@H](C(=O)N(CC=C)c3ccccc3)[C@H]3CCC12S3. The van der Waals surface area contributed by atoms with Gasteiger partial charge in [-0.2, -0.15) is 0 Å². The standard InChI is InChI=1S/C34H48N4O5S/c1-5-15-36(18-17-35-19-21-43-22-20-35)33(42)30-34-14-13-27(44-34)28(29(34)32(41)38(30)26(23-39)24(4)7-3)31(40)37(16-6-2)25-11-9-8-10-12-25/h5-6,8-12,24,26-30,39H,1-2,7,13-23H2,3-4H3/t24-,26-,27+,28-,29-,30?,34?/m0/s1. The summed E-state index contributed by atoms with van der Waals surface area (Å²) in [4.78, 5) is 51.5. The number of carbonyl (C=O) groups excluding carboxylic acids is 3. The predicted octanol–water partition coefficient (Wildman–Crippen LogP) is 3.05. The van der Waals surface area contributed by atoms with Gasteiger partial charge in [-0.05, 0) is 30.9 Å². The van der Waals surface area contributed by atoms with Crippen molar-refractivity contribution in [3.63, 3.8) is 0 Å². The van der Waals surface area contributed by atoms with Crippen LogP contribution in [0.5, 0.6) is 0 Å². The normalized spacial score (nSPS) is 29.2. The number of ether oxygens (including phenoxy) is 1. The van der Waals surface area contributed by atoms with Crippen LogP contribution in [0.25, 0.3) is 0 Å². The first-order valence-corrected chi connectivity index (χ1v) is 17.0. The van der Waals surface area contributed by atoms with Crippen molar-refractivity contribution in [3.05, 3.63) is 55.6 Å². The van der Waals surface area contributed by atoms with Crippen LogP contribution in [0, 0.1) is 17.8 Å². The van der Waals surface area contributed by atoms with E-state index >= 15 is 0 Å². The minimum atomic E-state index is -0.756. The van der Waals surface area contributed by atoms with E-state index in [9.17, 15) is 19.5 Å². The van der Waals surface area contributed by atoms with Gasteiger partial charge in [0.2, 0.25) is 17.7 Å². The highest BCUT2D eigenvalue weighted by molar-refractivity contribution is 8.02. The fourth-order valence-corrected chi connectivity index (χ4v) is 9.96. The number of anilines is 1. The van der Waals surface area contributed by atoms with Crippen molar-refractivity contribution in [2.45, 2.75) is 55.2 Å². The number of hydrogen-bond donors (Lipinski definition) is 1. The molecular formula is C34H48N4O5S. The second-order valence-corrected chi connectivity index (χ2v) is 14.1. The van der Waals surface area contributed by atoms with Gasteiger partial charge in [-0.1, -0.05) is 50.6 Å². The number of morpholine rings is 1. The molecule has 10 heteroatoms. The van der Waals surface area contributed by atoms with E-state index in [2.05, 4.69) is 18.1 Å². The average Bonchev–Trinajstić information content (AvgIpc) is 3.70. The van der Waals surface area contributed by atoms with Crippen LogP contribution in [-0.4, -0.2) is 119 Å². The number of hydrogen-bond acceptors (Lipinski definition) is 7.